The third-order valence-electron chi connectivity index (χ3n) is 2.49. The zero-order valence-corrected chi connectivity index (χ0v) is 12.1. The van der Waals surface area contributed by atoms with E-state index in [0.717, 1.165) is 10.9 Å². The van der Waals surface area contributed by atoms with Crippen molar-refractivity contribution in [1.82, 2.24) is 9.97 Å². The molecular formula is C13H13ClN2O2S. The summed E-state index contributed by atoms with van der Waals surface area (Å²) in [4.78, 5) is 19.6. The smallest absolute Gasteiger partial charge is 0.313 e. The van der Waals surface area contributed by atoms with E-state index in [-0.39, 0.29) is 11.7 Å². The van der Waals surface area contributed by atoms with Crippen LogP contribution in [-0.4, -0.2) is 26.8 Å². The second-order valence-electron chi connectivity index (χ2n) is 4.39. The van der Waals surface area contributed by atoms with E-state index < -0.39 is 5.97 Å². The molecule has 2 aromatic rings. The molecule has 0 saturated carbocycles. The fraction of sp³-hybridized carbons (Fsp3) is 0.308. The Bertz CT molecular complexity index is 631. The lowest BCUT2D eigenvalue weighted by Gasteiger charge is -2.09. The first kappa shape index (κ1) is 14.1. The normalized spacial score (nSPS) is 11.2. The van der Waals surface area contributed by atoms with Crippen molar-refractivity contribution in [2.24, 2.45) is 0 Å². The number of carboxylic acids is 1. The van der Waals surface area contributed by atoms with Gasteiger partial charge in [0.05, 0.1) is 11.3 Å². The second kappa shape index (κ2) is 5.75. The average molecular weight is 297 g/mol. The van der Waals surface area contributed by atoms with Crippen LogP contribution in [-0.2, 0) is 4.79 Å². The maximum absolute atomic E-state index is 10.7. The summed E-state index contributed by atoms with van der Waals surface area (Å²) in [7, 11) is 0. The summed E-state index contributed by atoms with van der Waals surface area (Å²) in [6, 6.07) is 5.37. The minimum atomic E-state index is -0.870. The highest BCUT2D eigenvalue weighted by molar-refractivity contribution is 8.00. The van der Waals surface area contributed by atoms with Crippen molar-refractivity contribution in [1.29, 1.82) is 0 Å². The average Bonchev–Trinajstić information content (AvgIpc) is 2.35. The van der Waals surface area contributed by atoms with Gasteiger partial charge in [-0.15, -0.1) is 0 Å². The zero-order chi connectivity index (χ0) is 14.0. The maximum Gasteiger partial charge on any atom is 0.313 e. The quantitative estimate of drug-likeness (QED) is 0.690. The second-order valence-corrected chi connectivity index (χ2v) is 5.79. The zero-order valence-electron chi connectivity index (χ0n) is 10.6. The minimum Gasteiger partial charge on any atom is -0.481 e. The molecule has 1 aromatic heterocycles. The van der Waals surface area contributed by atoms with E-state index in [0.29, 0.717) is 15.9 Å². The molecule has 0 saturated heterocycles. The third-order valence-corrected chi connectivity index (χ3v) is 3.70. The first-order valence-electron chi connectivity index (χ1n) is 5.79. The molecule has 0 aliphatic rings. The van der Waals surface area contributed by atoms with Crippen LogP contribution in [0.5, 0.6) is 0 Å². The van der Waals surface area contributed by atoms with Crippen molar-refractivity contribution in [2.45, 2.75) is 24.8 Å². The molecular weight excluding hydrogens is 284 g/mol. The van der Waals surface area contributed by atoms with E-state index in [1.54, 1.807) is 12.1 Å². The summed E-state index contributed by atoms with van der Waals surface area (Å²) in [6.07, 6.45) is 0. The van der Waals surface area contributed by atoms with Crippen LogP contribution in [0.4, 0.5) is 0 Å². The van der Waals surface area contributed by atoms with Crippen LogP contribution >= 0.6 is 23.4 Å². The van der Waals surface area contributed by atoms with Crippen molar-refractivity contribution < 1.29 is 9.90 Å². The number of halogens is 1. The van der Waals surface area contributed by atoms with Crippen molar-refractivity contribution in [3.63, 3.8) is 0 Å². The molecule has 0 unspecified atom stereocenters. The highest BCUT2D eigenvalue weighted by Crippen LogP contribution is 2.29. The van der Waals surface area contributed by atoms with Crippen LogP contribution in [0.3, 0.4) is 0 Å². The summed E-state index contributed by atoms with van der Waals surface area (Å²) in [5.74, 6) is -0.00672. The van der Waals surface area contributed by atoms with Crippen LogP contribution in [0.15, 0.2) is 23.2 Å². The standard InChI is InChI=1S/C13H13ClN2O2S/c1-7(2)12-15-10-4-3-8(14)5-9(10)13(16-12)19-6-11(17)18/h3-5,7H,6H2,1-2H3,(H,17,18). The molecule has 0 aliphatic heterocycles. The molecule has 6 heteroatoms. The SMILES string of the molecule is CC(C)c1nc(SCC(=O)O)c2cc(Cl)ccc2n1. The Morgan fingerprint density at radius 2 is 2.16 bits per heavy atom. The third kappa shape index (κ3) is 3.36. The molecule has 0 fully saturated rings. The van der Waals surface area contributed by atoms with Crippen molar-refractivity contribution in [2.75, 3.05) is 5.75 Å². The highest BCUT2D eigenvalue weighted by atomic mass is 35.5. The number of fused-ring (bicyclic) bond motifs is 1. The number of benzene rings is 1. The first-order valence-corrected chi connectivity index (χ1v) is 7.15. The molecule has 0 amide bonds. The van der Waals surface area contributed by atoms with E-state index in [2.05, 4.69) is 9.97 Å². The van der Waals surface area contributed by atoms with Gasteiger partial charge in [0.2, 0.25) is 0 Å². The van der Waals surface area contributed by atoms with Crippen molar-refractivity contribution in [3.05, 3.63) is 29.0 Å². The van der Waals surface area contributed by atoms with Crippen LogP contribution in [0.25, 0.3) is 10.9 Å². The number of nitrogens with zero attached hydrogens (tertiary/aromatic N) is 2. The fourth-order valence-corrected chi connectivity index (χ4v) is 2.50. The molecule has 1 heterocycles. The van der Waals surface area contributed by atoms with Gasteiger partial charge in [-0.1, -0.05) is 37.2 Å². The first-order chi connectivity index (χ1) is 8.97. The van der Waals surface area contributed by atoms with Gasteiger partial charge in [-0.2, -0.15) is 0 Å². The monoisotopic (exact) mass is 296 g/mol. The summed E-state index contributed by atoms with van der Waals surface area (Å²) < 4.78 is 0. The largest absolute Gasteiger partial charge is 0.481 e. The Morgan fingerprint density at radius 1 is 1.42 bits per heavy atom. The lowest BCUT2D eigenvalue weighted by atomic mass is 10.2. The lowest BCUT2D eigenvalue weighted by Crippen LogP contribution is -2.03. The number of rotatable bonds is 4. The van der Waals surface area contributed by atoms with Gasteiger partial charge in [0.25, 0.3) is 0 Å². The predicted octanol–water partition coefficient (Wildman–Crippen LogP) is 3.58. The van der Waals surface area contributed by atoms with E-state index in [1.165, 1.54) is 11.8 Å². The Morgan fingerprint density at radius 3 is 2.79 bits per heavy atom. The number of hydrogen-bond donors (Lipinski definition) is 1. The van der Waals surface area contributed by atoms with Gasteiger partial charge in [-0.05, 0) is 18.2 Å². The molecule has 4 nitrogen and oxygen atoms in total. The number of thioether (sulfide) groups is 1. The molecule has 100 valence electrons. The summed E-state index contributed by atoms with van der Waals surface area (Å²) in [5, 5.41) is 10.8. The van der Waals surface area contributed by atoms with Gasteiger partial charge >= 0.3 is 5.97 Å². The molecule has 1 aromatic carbocycles. The predicted molar refractivity (Wildman–Crippen MR) is 77.0 cm³/mol. The van der Waals surface area contributed by atoms with Gasteiger partial charge in [-0.3, -0.25) is 4.79 Å². The number of aromatic nitrogens is 2. The minimum absolute atomic E-state index is 0.0316. The maximum atomic E-state index is 10.7. The van der Waals surface area contributed by atoms with Crippen molar-refractivity contribution >= 4 is 40.2 Å². The van der Waals surface area contributed by atoms with Gasteiger partial charge in [-0.25, -0.2) is 9.97 Å². The van der Waals surface area contributed by atoms with Gasteiger partial charge < -0.3 is 5.11 Å². The number of hydrogen-bond acceptors (Lipinski definition) is 4. The molecule has 0 atom stereocenters. The van der Waals surface area contributed by atoms with Crippen LogP contribution in [0.1, 0.15) is 25.6 Å². The Balaban J connectivity index is 2.55. The lowest BCUT2D eigenvalue weighted by molar-refractivity contribution is -0.133. The molecule has 0 aliphatic carbocycles. The number of carboxylic acid groups (broad SMARTS) is 1. The molecule has 1 N–H and O–H groups in total. The molecule has 0 bridgehead atoms. The Hall–Kier alpha value is -1.33. The van der Waals surface area contributed by atoms with Gasteiger partial charge in [0, 0.05) is 16.3 Å². The van der Waals surface area contributed by atoms with Crippen molar-refractivity contribution in [3.8, 4) is 0 Å². The van der Waals surface area contributed by atoms with E-state index >= 15 is 0 Å². The summed E-state index contributed by atoms with van der Waals surface area (Å²) >= 11 is 7.16. The van der Waals surface area contributed by atoms with E-state index in [4.69, 9.17) is 16.7 Å². The molecule has 2 rings (SSSR count). The van der Waals surface area contributed by atoms with Crippen LogP contribution in [0.2, 0.25) is 5.02 Å². The Kier molecular flexibility index (Phi) is 4.27. The Labute approximate surface area is 120 Å². The van der Waals surface area contributed by atoms with Crippen LogP contribution in [0, 0.1) is 0 Å². The highest BCUT2D eigenvalue weighted by Gasteiger charge is 2.12. The fourth-order valence-electron chi connectivity index (χ4n) is 1.59. The number of carbonyl (C=O) groups is 1. The molecule has 0 radical (unpaired) electrons. The number of aliphatic carboxylic acids is 1. The van der Waals surface area contributed by atoms with E-state index in [1.807, 2.05) is 19.9 Å². The summed E-state index contributed by atoms with van der Waals surface area (Å²) in [6.45, 7) is 4.01. The van der Waals surface area contributed by atoms with Gasteiger partial charge in [0.15, 0.2) is 0 Å². The molecule has 0 spiro atoms. The van der Waals surface area contributed by atoms with Crippen LogP contribution < -0.4 is 0 Å². The topological polar surface area (TPSA) is 63.1 Å². The van der Waals surface area contributed by atoms with Gasteiger partial charge in [0.1, 0.15) is 10.9 Å². The molecule has 19 heavy (non-hydrogen) atoms. The van der Waals surface area contributed by atoms with E-state index in [9.17, 15) is 4.79 Å². The summed E-state index contributed by atoms with van der Waals surface area (Å²) in [5.41, 5.74) is 0.788.